The van der Waals surface area contributed by atoms with Crippen LogP contribution in [0.25, 0.3) is 0 Å². The molecule has 0 aliphatic carbocycles. The molecular weight excluding hydrogens is 259 g/mol. The Hall–Kier alpha value is -2.28. The van der Waals surface area contributed by atoms with Gasteiger partial charge in [0.05, 0.1) is 18.4 Å². The van der Waals surface area contributed by atoms with Crippen LogP contribution in [0.15, 0.2) is 24.4 Å². The summed E-state index contributed by atoms with van der Waals surface area (Å²) < 4.78 is 13.9. The number of aromatic nitrogens is 3. The first kappa shape index (κ1) is 14.1. The van der Waals surface area contributed by atoms with Crippen LogP contribution in [0.3, 0.4) is 0 Å². The highest BCUT2D eigenvalue weighted by Gasteiger charge is 2.14. The van der Waals surface area contributed by atoms with Crippen molar-refractivity contribution in [2.45, 2.75) is 20.4 Å². The van der Waals surface area contributed by atoms with Gasteiger partial charge in [0, 0.05) is 12.2 Å². The molecule has 20 heavy (non-hydrogen) atoms. The lowest BCUT2D eigenvalue weighted by Crippen LogP contribution is -2.26. The van der Waals surface area contributed by atoms with Crippen molar-refractivity contribution in [2.24, 2.45) is 5.84 Å². The van der Waals surface area contributed by atoms with Gasteiger partial charge in [0.1, 0.15) is 0 Å². The zero-order valence-corrected chi connectivity index (χ0v) is 11.5. The molecule has 6 nitrogen and oxygen atoms in total. The molecule has 0 aliphatic rings. The van der Waals surface area contributed by atoms with Gasteiger partial charge >= 0.3 is 0 Å². The van der Waals surface area contributed by atoms with E-state index in [0.29, 0.717) is 13.1 Å². The molecule has 0 fully saturated rings. The first-order valence-electron chi connectivity index (χ1n) is 6.30. The number of rotatable bonds is 5. The molecule has 0 saturated carbocycles. The summed E-state index contributed by atoms with van der Waals surface area (Å²) in [5.41, 5.74) is 4.09. The van der Waals surface area contributed by atoms with E-state index in [4.69, 9.17) is 5.84 Å². The van der Waals surface area contributed by atoms with Crippen LogP contribution in [-0.4, -0.2) is 21.5 Å². The maximum absolute atomic E-state index is 13.9. The zero-order valence-electron chi connectivity index (χ0n) is 11.5. The molecule has 3 N–H and O–H groups in total. The van der Waals surface area contributed by atoms with Crippen LogP contribution in [0.2, 0.25) is 0 Å². The molecule has 2 aromatic heterocycles. The normalized spacial score (nSPS) is 10.4. The first-order chi connectivity index (χ1) is 9.63. The van der Waals surface area contributed by atoms with Crippen molar-refractivity contribution >= 4 is 11.8 Å². The third kappa shape index (κ3) is 3.18. The molecule has 0 atom stereocenters. The molecule has 0 radical (unpaired) electrons. The number of nitrogen functional groups attached to an aromatic ring is 1. The van der Waals surface area contributed by atoms with Crippen LogP contribution < -0.4 is 16.2 Å². The summed E-state index contributed by atoms with van der Waals surface area (Å²) in [6, 6.07) is 5.74. The summed E-state index contributed by atoms with van der Waals surface area (Å²) in [4.78, 5) is 14.0. The summed E-state index contributed by atoms with van der Waals surface area (Å²) >= 11 is 0. The maximum atomic E-state index is 13.9. The first-order valence-corrected chi connectivity index (χ1v) is 6.30. The van der Waals surface area contributed by atoms with Crippen LogP contribution in [-0.2, 0) is 6.54 Å². The van der Waals surface area contributed by atoms with Crippen LogP contribution in [0, 0.1) is 12.7 Å². The summed E-state index contributed by atoms with van der Waals surface area (Å²) in [5.74, 6) is 5.15. The predicted octanol–water partition coefficient (Wildman–Crippen LogP) is 1.63. The number of hydrazine groups is 1. The third-order valence-corrected chi connectivity index (χ3v) is 2.83. The second kappa shape index (κ2) is 6.25. The highest BCUT2D eigenvalue weighted by molar-refractivity contribution is 5.43. The van der Waals surface area contributed by atoms with E-state index in [2.05, 4.69) is 20.4 Å². The highest BCUT2D eigenvalue weighted by Crippen LogP contribution is 2.18. The van der Waals surface area contributed by atoms with Gasteiger partial charge in [-0.05, 0) is 26.0 Å². The lowest BCUT2D eigenvalue weighted by Gasteiger charge is -2.22. The van der Waals surface area contributed by atoms with Gasteiger partial charge < -0.3 is 4.90 Å². The lowest BCUT2D eigenvalue weighted by molar-refractivity contribution is 0.601. The molecule has 0 aromatic carbocycles. The van der Waals surface area contributed by atoms with Crippen molar-refractivity contribution in [1.82, 2.24) is 15.0 Å². The average molecular weight is 276 g/mol. The van der Waals surface area contributed by atoms with E-state index in [9.17, 15) is 4.39 Å². The number of halogens is 1. The molecule has 0 spiro atoms. The molecule has 2 heterocycles. The van der Waals surface area contributed by atoms with E-state index < -0.39 is 5.82 Å². The van der Waals surface area contributed by atoms with Crippen molar-refractivity contribution in [1.29, 1.82) is 0 Å². The van der Waals surface area contributed by atoms with Crippen LogP contribution >= 0.6 is 0 Å². The molecule has 0 saturated heterocycles. The minimum atomic E-state index is -0.487. The summed E-state index contributed by atoms with van der Waals surface area (Å²) in [5, 5.41) is 0. The number of aryl methyl sites for hydroxylation is 1. The number of anilines is 2. The Balaban J connectivity index is 2.28. The number of hydrogen-bond donors (Lipinski definition) is 2. The lowest BCUT2D eigenvalue weighted by atomic mass is 10.3. The number of pyridine rings is 1. The van der Waals surface area contributed by atoms with E-state index in [1.165, 1.54) is 0 Å². The second-order valence-electron chi connectivity index (χ2n) is 4.29. The fraction of sp³-hybridized carbons (Fsp3) is 0.308. The fourth-order valence-corrected chi connectivity index (χ4v) is 1.87. The van der Waals surface area contributed by atoms with Crippen molar-refractivity contribution in [3.63, 3.8) is 0 Å². The number of nitrogens with two attached hydrogens (primary N) is 1. The summed E-state index contributed by atoms with van der Waals surface area (Å²) in [6.07, 6.45) is 1.10. The Kier molecular flexibility index (Phi) is 4.41. The molecule has 0 unspecified atom stereocenters. The van der Waals surface area contributed by atoms with Gasteiger partial charge in [0.15, 0.2) is 11.6 Å². The molecule has 2 rings (SSSR count). The predicted molar refractivity (Wildman–Crippen MR) is 75.5 cm³/mol. The van der Waals surface area contributed by atoms with Crippen molar-refractivity contribution in [3.05, 3.63) is 41.6 Å². The number of hydrogen-bond acceptors (Lipinski definition) is 6. The molecule has 0 aliphatic heterocycles. The van der Waals surface area contributed by atoms with Crippen LogP contribution in [0.1, 0.15) is 18.3 Å². The fourth-order valence-electron chi connectivity index (χ4n) is 1.87. The largest absolute Gasteiger partial charge is 0.348 e. The van der Waals surface area contributed by atoms with E-state index in [0.717, 1.165) is 17.6 Å². The van der Waals surface area contributed by atoms with Gasteiger partial charge in [0.2, 0.25) is 5.95 Å². The number of nitrogens with one attached hydrogen (secondary N) is 1. The minimum Gasteiger partial charge on any atom is -0.348 e. The minimum absolute atomic E-state index is 0.178. The van der Waals surface area contributed by atoms with E-state index >= 15 is 0 Å². The van der Waals surface area contributed by atoms with Gasteiger partial charge in [-0.15, -0.1) is 0 Å². The Morgan fingerprint density at radius 1 is 1.35 bits per heavy atom. The quantitative estimate of drug-likeness (QED) is 0.638. The van der Waals surface area contributed by atoms with Crippen molar-refractivity contribution < 1.29 is 4.39 Å². The Labute approximate surface area is 116 Å². The highest BCUT2D eigenvalue weighted by atomic mass is 19.1. The Morgan fingerprint density at radius 3 is 2.80 bits per heavy atom. The second-order valence-corrected chi connectivity index (χ2v) is 4.29. The van der Waals surface area contributed by atoms with Gasteiger partial charge in [0.25, 0.3) is 0 Å². The Bertz CT molecular complexity index is 589. The van der Waals surface area contributed by atoms with Gasteiger partial charge in [-0.1, -0.05) is 6.07 Å². The van der Waals surface area contributed by atoms with Gasteiger partial charge in [-0.25, -0.2) is 15.2 Å². The summed E-state index contributed by atoms with van der Waals surface area (Å²) in [7, 11) is 0. The van der Waals surface area contributed by atoms with Gasteiger partial charge in [-0.3, -0.25) is 10.4 Å². The average Bonchev–Trinajstić information content (AvgIpc) is 2.46. The molecule has 0 bridgehead atoms. The maximum Gasteiger partial charge on any atom is 0.239 e. The topological polar surface area (TPSA) is 80.0 Å². The zero-order chi connectivity index (χ0) is 14.5. The molecule has 7 heteroatoms. The van der Waals surface area contributed by atoms with E-state index in [-0.39, 0.29) is 11.8 Å². The Morgan fingerprint density at radius 2 is 2.15 bits per heavy atom. The van der Waals surface area contributed by atoms with Crippen LogP contribution in [0.4, 0.5) is 16.2 Å². The van der Waals surface area contributed by atoms with E-state index in [1.54, 1.807) is 4.90 Å². The molecule has 2 aromatic rings. The van der Waals surface area contributed by atoms with Crippen LogP contribution in [0.5, 0.6) is 0 Å². The standard InChI is InChI=1S/C13H17FN6/c1-3-20(8-10-6-4-5-9(2)17-10)12-11(14)7-16-13(18-12)19-15/h4-7H,3,8,15H2,1-2H3,(H,16,18,19). The summed E-state index contributed by atoms with van der Waals surface area (Å²) in [6.45, 7) is 4.90. The molecule has 106 valence electrons. The monoisotopic (exact) mass is 276 g/mol. The molecule has 0 amide bonds. The number of nitrogens with zero attached hydrogens (tertiary/aromatic N) is 4. The smallest absolute Gasteiger partial charge is 0.239 e. The molecular formula is C13H17FN6. The van der Waals surface area contributed by atoms with E-state index in [1.807, 2.05) is 32.0 Å². The van der Waals surface area contributed by atoms with Crippen molar-refractivity contribution in [3.8, 4) is 0 Å². The SMILES string of the molecule is CCN(Cc1cccc(C)n1)c1nc(NN)ncc1F. The van der Waals surface area contributed by atoms with Crippen molar-refractivity contribution in [2.75, 3.05) is 16.9 Å². The van der Waals surface area contributed by atoms with Gasteiger partial charge in [-0.2, -0.15) is 4.98 Å². The third-order valence-electron chi connectivity index (χ3n) is 2.83.